The first-order valence-electron chi connectivity index (χ1n) is 2.59. The fraction of sp³-hybridized carbons (Fsp3) is 0.429. The van der Waals surface area contributed by atoms with Crippen molar-refractivity contribution >= 4 is 0 Å². The fourth-order valence-electron chi connectivity index (χ4n) is 0.364. The number of rotatable bonds is 2. The fourth-order valence-corrected chi connectivity index (χ4v) is 0.364. The number of allylic oxidation sites excluding steroid dienone is 2. The lowest BCUT2D eigenvalue weighted by atomic mass is 10.1. The number of alkyl halides is 2. The molecule has 0 atom stereocenters. The lowest BCUT2D eigenvalue weighted by molar-refractivity contribution is 0.0843. The second kappa shape index (κ2) is 2.29. The lowest BCUT2D eigenvalue weighted by Crippen LogP contribution is -2.17. The van der Waals surface area contributed by atoms with Gasteiger partial charge in [0.1, 0.15) is 0 Å². The standard InChI is InChI=1S/C7H10F2/c1-5(2)7(8,9)6(3)4/h1,3H2,2,4H3. The Morgan fingerprint density at radius 1 is 1.11 bits per heavy atom. The average molecular weight is 132 g/mol. The molecular formula is C7H10F2. The van der Waals surface area contributed by atoms with E-state index in [1.54, 1.807) is 0 Å². The topological polar surface area (TPSA) is 0 Å². The molecule has 0 aromatic carbocycles. The van der Waals surface area contributed by atoms with E-state index in [1.165, 1.54) is 13.8 Å². The minimum atomic E-state index is -2.89. The van der Waals surface area contributed by atoms with Gasteiger partial charge in [0.2, 0.25) is 0 Å². The first-order chi connectivity index (χ1) is 3.89. The Morgan fingerprint density at radius 2 is 1.33 bits per heavy atom. The SMILES string of the molecule is C=C(C)C(F)(F)C(=C)C. The highest BCUT2D eigenvalue weighted by Gasteiger charge is 2.30. The molecule has 0 fully saturated rings. The second-order valence-corrected chi connectivity index (χ2v) is 2.14. The van der Waals surface area contributed by atoms with Crippen LogP contribution in [0, 0.1) is 0 Å². The number of halogens is 2. The average Bonchev–Trinajstić information content (AvgIpc) is 1.65. The molecule has 0 bridgehead atoms. The minimum absolute atomic E-state index is 0.157. The van der Waals surface area contributed by atoms with E-state index in [2.05, 4.69) is 13.2 Å². The van der Waals surface area contributed by atoms with E-state index >= 15 is 0 Å². The van der Waals surface area contributed by atoms with Gasteiger partial charge in [0.15, 0.2) is 0 Å². The van der Waals surface area contributed by atoms with Gasteiger partial charge in [0.25, 0.3) is 5.92 Å². The van der Waals surface area contributed by atoms with Crippen LogP contribution in [0.5, 0.6) is 0 Å². The Morgan fingerprint density at radius 3 is 1.33 bits per heavy atom. The summed E-state index contributed by atoms with van der Waals surface area (Å²) in [5.41, 5.74) is -0.315. The normalized spacial score (nSPS) is 11.1. The first kappa shape index (κ1) is 8.34. The maximum Gasteiger partial charge on any atom is 0.289 e. The van der Waals surface area contributed by atoms with E-state index in [1.807, 2.05) is 0 Å². The third-order valence-electron chi connectivity index (χ3n) is 1.07. The summed E-state index contributed by atoms with van der Waals surface area (Å²) < 4.78 is 24.9. The van der Waals surface area contributed by atoms with Gasteiger partial charge in [-0.05, 0) is 25.0 Å². The molecule has 0 aliphatic rings. The van der Waals surface area contributed by atoms with Crippen LogP contribution in [0.3, 0.4) is 0 Å². The summed E-state index contributed by atoms with van der Waals surface area (Å²) in [7, 11) is 0. The summed E-state index contributed by atoms with van der Waals surface area (Å²) in [6.45, 7) is 8.85. The molecule has 0 aliphatic carbocycles. The molecule has 0 nitrogen and oxygen atoms in total. The van der Waals surface area contributed by atoms with E-state index in [0.29, 0.717) is 0 Å². The van der Waals surface area contributed by atoms with E-state index in [-0.39, 0.29) is 11.1 Å². The van der Waals surface area contributed by atoms with E-state index in [9.17, 15) is 8.78 Å². The molecular weight excluding hydrogens is 122 g/mol. The van der Waals surface area contributed by atoms with Gasteiger partial charge in [0, 0.05) is 0 Å². The predicted octanol–water partition coefficient (Wildman–Crippen LogP) is 2.77. The number of hydrogen-bond acceptors (Lipinski definition) is 0. The zero-order valence-corrected chi connectivity index (χ0v) is 5.67. The van der Waals surface area contributed by atoms with Crippen molar-refractivity contribution in [1.29, 1.82) is 0 Å². The molecule has 0 N–H and O–H groups in total. The molecule has 0 saturated carbocycles. The van der Waals surface area contributed by atoms with Crippen molar-refractivity contribution < 1.29 is 8.78 Å². The van der Waals surface area contributed by atoms with Crippen LogP contribution in [0.4, 0.5) is 8.78 Å². The Labute approximate surface area is 53.9 Å². The van der Waals surface area contributed by atoms with Crippen LogP contribution in [0.15, 0.2) is 24.3 Å². The molecule has 0 heterocycles. The maximum absolute atomic E-state index is 12.5. The van der Waals surface area contributed by atoms with E-state index in [4.69, 9.17) is 0 Å². The monoisotopic (exact) mass is 132 g/mol. The van der Waals surface area contributed by atoms with Crippen molar-refractivity contribution in [2.75, 3.05) is 0 Å². The Hall–Kier alpha value is -0.660. The van der Waals surface area contributed by atoms with Gasteiger partial charge in [-0.3, -0.25) is 0 Å². The smallest absolute Gasteiger partial charge is 0.197 e. The zero-order chi connectivity index (χ0) is 7.65. The highest BCUT2D eigenvalue weighted by Crippen LogP contribution is 2.28. The Bertz CT molecular complexity index is 129. The predicted molar refractivity (Wildman–Crippen MR) is 34.6 cm³/mol. The molecule has 0 aromatic rings. The second-order valence-electron chi connectivity index (χ2n) is 2.14. The van der Waals surface area contributed by atoms with Crippen LogP contribution in [-0.4, -0.2) is 5.92 Å². The number of hydrogen-bond donors (Lipinski definition) is 0. The van der Waals surface area contributed by atoms with Crippen LogP contribution in [-0.2, 0) is 0 Å². The van der Waals surface area contributed by atoms with Crippen LogP contribution in [0.1, 0.15) is 13.8 Å². The molecule has 0 rings (SSSR count). The van der Waals surface area contributed by atoms with Crippen molar-refractivity contribution in [2.24, 2.45) is 0 Å². The maximum atomic E-state index is 12.5. The van der Waals surface area contributed by atoms with E-state index in [0.717, 1.165) is 0 Å². The Kier molecular flexibility index (Phi) is 2.13. The van der Waals surface area contributed by atoms with Crippen LogP contribution in [0.25, 0.3) is 0 Å². The van der Waals surface area contributed by atoms with Crippen molar-refractivity contribution in [3.05, 3.63) is 24.3 Å². The van der Waals surface area contributed by atoms with E-state index < -0.39 is 5.92 Å². The third-order valence-corrected chi connectivity index (χ3v) is 1.07. The molecule has 0 aliphatic heterocycles. The van der Waals surface area contributed by atoms with Crippen LogP contribution >= 0.6 is 0 Å². The third kappa shape index (κ3) is 1.63. The summed E-state index contributed by atoms with van der Waals surface area (Å²) in [4.78, 5) is 0. The van der Waals surface area contributed by atoms with Crippen molar-refractivity contribution in [1.82, 2.24) is 0 Å². The molecule has 0 unspecified atom stereocenters. The highest BCUT2D eigenvalue weighted by molar-refractivity contribution is 5.20. The Balaban J connectivity index is 4.38. The van der Waals surface area contributed by atoms with Gasteiger partial charge in [-0.2, -0.15) is 8.78 Å². The quantitative estimate of drug-likeness (QED) is 0.507. The van der Waals surface area contributed by atoms with Crippen molar-refractivity contribution in [2.45, 2.75) is 19.8 Å². The highest BCUT2D eigenvalue weighted by atomic mass is 19.3. The molecule has 0 amide bonds. The summed E-state index contributed by atoms with van der Waals surface area (Å²) in [6, 6.07) is 0. The van der Waals surface area contributed by atoms with Crippen LogP contribution < -0.4 is 0 Å². The molecule has 0 spiro atoms. The summed E-state index contributed by atoms with van der Waals surface area (Å²) in [5.74, 6) is -2.89. The van der Waals surface area contributed by atoms with Gasteiger partial charge >= 0.3 is 0 Å². The molecule has 0 aromatic heterocycles. The summed E-state index contributed by atoms with van der Waals surface area (Å²) >= 11 is 0. The van der Waals surface area contributed by atoms with Crippen LogP contribution in [0.2, 0.25) is 0 Å². The van der Waals surface area contributed by atoms with Crippen molar-refractivity contribution in [3.63, 3.8) is 0 Å². The first-order valence-corrected chi connectivity index (χ1v) is 2.59. The summed E-state index contributed by atoms with van der Waals surface area (Å²) in [5, 5.41) is 0. The lowest BCUT2D eigenvalue weighted by Gasteiger charge is -2.14. The molecule has 52 valence electrons. The van der Waals surface area contributed by atoms with Gasteiger partial charge in [-0.15, -0.1) is 0 Å². The molecule has 0 saturated heterocycles. The zero-order valence-electron chi connectivity index (χ0n) is 5.67. The van der Waals surface area contributed by atoms with Gasteiger partial charge in [-0.1, -0.05) is 13.2 Å². The van der Waals surface area contributed by atoms with Gasteiger partial charge in [0.05, 0.1) is 0 Å². The summed E-state index contributed by atoms with van der Waals surface area (Å²) in [6.07, 6.45) is 0. The van der Waals surface area contributed by atoms with Crippen molar-refractivity contribution in [3.8, 4) is 0 Å². The molecule has 9 heavy (non-hydrogen) atoms. The minimum Gasteiger partial charge on any atom is -0.197 e. The van der Waals surface area contributed by atoms with Gasteiger partial charge < -0.3 is 0 Å². The largest absolute Gasteiger partial charge is 0.289 e. The molecule has 2 heteroatoms. The van der Waals surface area contributed by atoms with Gasteiger partial charge in [-0.25, -0.2) is 0 Å². The molecule has 0 radical (unpaired) electrons.